The Labute approximate surface area is 59.6 Å². The van der Waals surface area contributed by atoms with E-state index in [0.29, 0.717) is 6.10 Å². The van der Waals surface area contributed by atoms with Gasteiger partial charge in [0.1, 0.15) is 0 Å². The van der Waals surface area contributed by atoms with E-state index < -0.39 is 10.0 Å². The minimum absolute atomic E-state index is 0.392. The first-order chi connectivity index (χ1) is 4.31. The van der Waals surface area contributed by atoms with Gasteiger partial charge >= 0.3 is 10.0 Å². The van der Waals surface area contributed by atoms with Crippen molar-refractivity contribution in [2.75, 3.05) is 6.61 Å². The Morgan fingerprint density at radius 3 is 2.56 bits per heavy atom. The van der Waals surface area contributed by atoms with Gasteiger partial charge in [0.05, 0.1) is 0 Å². The van der Waals surface area contributed by atoms with Crippen LogP contribution in [0.25, 0.3) is 0 Å². The summed E-state index contributed by atoms with van der Waals surface area (Å²) in [6, 6.07) is 0. The molecule has 0 heterocycles. The summed E-state index contributed by atoms with van der Waals surface area (Å²) in [7, 11) is -0.647. The molecule has 0 aromatic carbocycles. The van der Waals surface area contributed by atoms with Gasteiger partial charge in [-0.1, -0.05) is 6.92 Å². The molecule has 0 spiro atoms. The first-order valence-corrected chi connectivity index (χ1v) is 4.66. The SMILES string of the molecule is CCO[SiH2]OC(C)CC. The maximum atomic E-state index is 5.35. The third-order valence-corrected chi connectivity index (χ3v) is 2.49. The molecule has 0 radical (unpaired) electrons. The van der Waals surface area contributed by atoms with E-state index in [0.717, 1.165) is 13.0 Å². The summed E-state index contributed by atoms with van der Waals surface area (Å²) in [5, 5.41) is 0. The highest BCUT2D eigenvalue weighted by molar-refractivity contribution is 6.18. The Balaban J connectivity index is 2.88. The molecule has 3 heteroatoms. The van der Waals surface area contributed by atoms with Crippen LogP contribution in [0.15, 0.2) is 0 Å². The second kappa shape index (κ2) is 6.26. The molecule has 0 rings (SSSR count). The predicted molar refractivity (Wildman–Crippen MR) is 41.0 cm³/mol. The first kappa shape index (κ1) is 9.14. The van der Waals surface area contributed by atoms with Crippen LogP contribution in [0.5, 0.6) is 0 Å². The molecular formula is C6H16O2Si. The van der Waals surface area contributed by atoms with Gasteiger partial charge in [-0.05, 0) is 20.3 Å². The first-order valence-electron chi connectivity index (χ1n) is 3.50. The number of rotatable bonds is 5. The zero-order chi connectivity index (χ0) is 7.11. The van der Waals surface area contributed by atoms with Crippen LogP contribution >= 0.6 is 0 Å². The summed E-state index contributed by atoms with van der Waals surface area (Å²) in [5.74, 6) is 0. The van der Waals surface area contributed by atoms with Gasteiger partial charge in [-0.2, -0.15) is 0 Å². The van der Waals surface area contributed by atoms with E-state index in [1.807, 2.05) is 6.92 Å². The van der Waals surface area contributed by atoms with Crippen LogP contribution in [-0.2, 0) is 8.85 Å². The van der Waals surface area contributed by atoms with Crippen molar-refractivity contribution in [3.8, 4) is 0 Å². The van der Waals surface area contributed by atoms with Crippen LogP contribution in [0.1, 0.15) is 27.2 Å². The van der Waals surface area contributed by atoms with Crippen LogP contribution in [0.2, 0.25) is 0 Å². The van der Waals surface area contributed by atoms with E-state index in [4.69, 9.17) is 8.85 Å². The lowest BCUT2D eigenvalue weighted by atomic mass is 10.3. The molecule has 0 aliphatic rings. The zero-order valence-electron chi connectivity index (χ0n) is 6.52. The summed E-state index contributed by atoms with van der Waals surface area (Å²) >= 11 is 0. The van der Waals surface area contributed by atoms with Gasteiger partial charge in [-0.3, -0.25) is 0 Å². The smallest absolute Gasteiger partial charge is 0.304 e. The van der Waals surface area contributed by atoms with Gasteiger partial charge in [0.15, 0.2) is 0 Å². The fraction of sp³-hybridized carbons (Fsp3) is 1.00. The van der Waals surface area contributed by atoms with Crippen LogP contribution in [0, 0.1) is 0 Å². The van der Waals surface area contributed by atoms with Gasteiger partial charge in [0.2, 0.25) is 0 Å². The fourth-order valence-electron chi connectivity index (χ4n) is 0.365. The zero-order valence-corrected chi connectivity index (χ0v) is 7.93. The highest BCUT2D eigenvalue weighted by Gasteiger charge is 1.95. The molecule has 56 valence electrons. The van der Waals surface area contributed by atoms with Crippen molar-refractivity contribution in [2.45, 2.75) is 33.3 Å². The Hall–Kier alpha value is 0.137. The van der Waals surface area contributed by atoms with Crippen molar-refractivity contribution >= 4 is 10.0 Å². The van der Waals surface area contributed by atoms with Gasteiger partial charge in [-0.15, -0.1) is 0 Å². The van der Waals surface area contributed by atoms with Crippen molar-refractivity contribution < 1.29 is 8.85 Å². The largest absolute Gasteiger partial charge is 0.399 e. The summed E-state index contributed by atoms with van der Waals surface area (Å²) in [4.78, 5) is 0. The molecule has 0 aliphatic heterocycles. The normalized spacial score (nSPS) is 15.0. The Morgan fingerprint density at radius 1 is 1.44 bits per heavy atom. The van der Waals surface area contributed by atoms with E-state index in [-0.39, 0.29) is 0 Å². The molecular weight excluding hydrogens is 132 g/mol. The molecule has 0 saturated carbocycles. The van der Waals surface area contributed by atoms with Crippen molar-refractivity contribution in [1.82, 2.24) is 0 Å². The van der Waals surface area contributed by atoms with Crippen LogP contribution in [-0.4, -0.2) is 22.7 Å². The summed E-state index contributed by atoms with van der Waals surface area (Å²) in [6.07, 6.45) is 1.48. The summed E-state index contributed by atoms with van der Waals surface area (Å²) < 4.78 is 10.5. The molecule has 9 heavy (non-hydrogen) atoms. The number of hydrogen-bond donors (Lipinski definition) is 0. The van der Waals surface area contributed by atoms with Gasteiger partial charge < -0.3 is 8.85 Å². The van der Waals surface area contributed by atoms with Crippen molar-refractivity contribution in [3.63, 3.8) is 0 Å². The van der Waals surface area contributed by atoms with Crippen molar-refractivity contribution in [2.24, 2.45) is 0 Å². The monoisotopic (exact) mass is 148 g/mol. The van der Waals surface area contributed by atoms with Crippen molar-refractivity contribution in [3.05, 3.63) is 0 Å². The Kier molecular flexibility index (Phi) is 6.35. The molecule has 0 amide bonds. The van der Waals surface area contributed by atoms with E-state index >= 15 is 0 Å². The molecule has 0 saturated heterocycles. The molecule has 0 fully saturated rings. The lowest BCUT2D eigenvalue weighted by molar-refractivity contribution is 0.169. The van der Waals surface area contributed by atoms with E-state index in [1.165, 1.54) is 0 Å². The molecule has 0 aromatic rings. The average molecular weight is 148 g/mol. The standard InChI is InChI=1S/C6H16O2Si/c1-4-6(3)8-9-7-5-2/h6H,4-5,9H2,1-3H3. The van der Waals surface area contributed by atoms with E-state index in [2.05, 4.69) is 13.8 Å². The minimum Gasteiger partial charge on any atom is -0.399 e. The van der Waals surface area contributed by atoms with E-state index in [9.17, 15) is 0 Å². The second-order valence-electron chi connectivity index (χ2n) is 2.00. The summed E-state index contributed by atoms with van der Waals surface area (Å²) in [5.41, 5.74) is 0. The molecule has 0 bridgehead atoms. The van der Waals surface area contributed by atoms with Crippen LogP contribution < -0.4 is 0 Å². The minimum atomic E-state index is -0.647. The van der Waals surface area contributed by atoms with Gasteiger partial charge in [-0.25, -0.2) is 0 Å². The number of hydrogen-bond acceptors (Lipinski definition) is 2. The Bertz CT molecular complexity index is 59.0. The Morgan fingerprint density at radius 2 is 2.11 bits per heavy atom. The molecule has 1 atom stereocenters. The molecule has 0 aliphatic carbocycles. The summed E-state index contributed by atoms with van der Waals surface area (Å²) in [6.45, 7) is 6.98. The van der Waals surface area contributed by atoms with Crippen molar-refractivity contribution in [1.29, 1.82) is 0 Å². The highest BCUT2D eigenvalue weighted by Crippen LogP contribution is 1.93. The second-order valence-corrected chi connectivity index (χ2v) is 2.97. The van der Waals surface area contributed by atoms with Gasteiger partial charge in [0.25, 0.3) is 0 Å². The van der Waals surface area contributed by atoms with E-state index in [1.54, 1.807) is 0 Å². The lowest BCUT2D eigenvalue weighted by Gasteiger charge is -2.08. The average Bonchev–Trinajstić information content (AvgIpc) is 1.89. The quantitative estimate of drug-likeness (QED) is 0.425. The van der Waals surface area contributed by atoms with Gasteiger partial charge in [0, 0.05) is 12.7 Å². The molecule has 2 nitrogen and oxygen atoms in total. The molecule has 0 aromatic heterocycles. The van der Waals surface area contributed by atoms with Crippen LogP contribution in [0.3, 0.4) is 0 Å². The maximum Gasteiger partial charge on any atom is 0.304 e. The third-order valence-electron chi connectivity index (χ3n) is 1.21. The lowest BCUT2D eigenvalue weighted by Crippen LogP contribution is -2.12. The molecule has 0 N–H and O–H groups in total. The predicted octanol–water partition coefficient (Wildman–Crippen LogP) is 0.837. The fourth-order valence-corrected chi connectivity index (χ4v) is 1.10. The maximum absolute atomic E-state index is 5.35. The highest BCUT2D eigenvalue weighted by atomic mass is 28.3. The van der Waals surface area contributed by atoms with Crippen LogP contribution in [0.4, 0.5) is 0 Å². The third kappa shape index (κ3) is 6.02. The topological polar surface area (TPSA) is 18.5 Å². The molecule has 1 unspecified atom stereocenters.